The summed E-state index contributed by atoms with van der Waals surface area (Å²) in [6.45, 7) is 5.23. The predicted octanol–water partition coefficient (Wildman–Crippen LogP) is 0.777. The van der Waals surface area contributed by atoms with Crippen LogP contribution in [-0.4, -0.2) is 10.7 Å². The fourth-order valence-electron chi connectivity index (χ4n) is 0. The summed E-state index contributed by atoms with van der Waals surface area (Å²) in [5.74, 6) is 0. The number of hydrogen-bond acceptors (Lipinski definition) is 1. The molecule has 0 unspecified atom stereocenters. The Morgan fingerprint density at radius 2 is 1.17 bits per heavy atom. The fourth-order valence-corrected chi connectivity index (χ4v) is 0. The summed E-state index contributed by atoms with van der Waals surface area (Å²) in [5.41, 5.74) is -0.500. The van der Waals surface area contributed by atoms with Crippen LogP contribution >= 0.6 is 0 Å². The first kappa shape index (κ1) is 10.3. The van der Waals surface area contributed by atoms with E-state index >= 15 is 0 Å². The molecule has 1 nitrogen and oxygen atoms in total. The van der Waals surface area contributed by atoms with Crippen molar-refractivity contribution in [3.05, 3.63) is 0 Å². The first-order valence-electron chi connectivity index (χ1n) is 1.72. The standard InChI is InChI=1S/C4H10O.Ce/c1-4(2,3)5;/h5H,1-3H3;. The Morgan fingerprint density at radius 1 is 1.17 bits per heavy atom. The van der Waals surface area contributed by atoms with E-state index in [9.17, 15) is 0 Å². The van der Waals surface area contributed by atoms with Crippen LogP contribution in [0.2, 0.25) is 0 Å². The molecule has 0 bridgehead atoms. The minimum absolute atomic E-state index is 0. The van der Waals surface area contributed by atoms with Crippen LogP contribution in [0.15, 0.2) is 0 Å². The number of hydrogen-bond donors (Lipinski definition) is 1. The summed E-state index contributed by atoms with van der Waals surface area (Å²) < 4.78 is 0. The Kier molecular flexibility index (Phi) is 5.78. The zero-order valence-electron chi connectivity index (χ0n) is 4.45. The van der Waals surface area contributed by atoms with E-state index < -0.39 is 5.60 Å². The monoisotopic (exact) mass is 214 g/mol. The van der Waals surface area contributed by atoms with Gasteiger partial charge in [-0.3, -0.25) is 0 Å². The average molecular weight is 214 g/mol. The smallest absolute Gasteiger partial charge is 0.0563 e. The van der Waals surface area contributed by atoms with Gasteiger partial charge in [-0.25, -0.2) is 0 Å². The van der Waals surface area contributed by atoms with E-state index in [1.807, 2.05) is 0 Å². The van der Waals surface area contributed by atoms with E-state index in [2.05, 4.69) is 0 Å². The molecular weight excluding hydrogens is 204 g/mol. The average Bonchev–Trinajstić information content (AvgIpc) is 0.722. The first-order valence-corrected chi connectivity index (χ1v) is 1.72. The van der Waals surface area contributed by atoms with Crippen LogP contribution in [0.1, 0.15) is 20.8 Å². The molecule has 0 aromatic heterocycles. The Morgan fingerprint density at radius 3 is 1.17 bits per heavy atom. The molecule has 1 N–H and O–H groups in total. The van der Waals surface area contributed by atoms with E-state index in [4.69, 9.17) is 5.11 Å². The number of aliphatic hydroxyl groups is 1. The maximum absolute atomic E-state index is 8.52. The second-order valence-electron chi connectivity index (χ2n) is 2.17. The van der Waals surface area contributed by atoms with Crippen molar-refractivity contribution in [1.29, 1.82) is 0 Å². The predicted molar refractivity (Wildman–Crippen MR) is 22.0 cm³/mol. The molecular formula is C4H10CeO. The van der Waals surface area contributed by atoms with E-state index in [1.165, 1.54) is 0 Å². The molecule has 2 heteroatoms. The molecule has 0 aromatic rings. The summed E-state index contributed by atoms with van der Waals surface area (Å²) in [5, 5.41) is 8.52. The molecule has 0 atom stereocenters. The Labute approximate surface area is 72.5 Å². The van der Waals surface area contributed by atoms with Crippen molar-refractivity contribution in [3.63, 3.8) is 0 Å². The molecule has 6 heavy (non-hydrogen) atoms. The molecule has 0 fully saturated rings. The van der Waals surface area contributed by atoms with Gasteiger partial charge in [0, 0.05) is 41.7 Å². The molecule has 0 aliphatic carbocycles. The van der Waals surface area contributed by atoms with Crippen LogP contribution in [0.5, 0.6) is 0 Å². The first-order chi connectivity index (χ1) is 2.00. The van der Waals surface area contributed by atoms with Crippen LogP contribution < -0.4 is 0 Å². The van der Waals surface area contributed by atoms with Gasteiger partial charge in [0.25, 0.3) is 0 Å². The molecule has 0 amide bonds. The van der Waals surface area contributed by atoms with Crippen molar-refractivity contribution in [2.24, 2.45) is 0 Å². The largest absolute Gasteiger partial charge is 0.391 e. The van der Waals surface area contributed by atoms with Gasteiger partial charge in [-0.15, -0.1) is 0 Å². The van der Waals surface area contributed by atoms with Crippen molar-refractivity contribution in [2.45, 2.75) is 26.4 Å². The maximum atomic E-state index is 8.52. The third kappa shape index (κ3) is 56.2. The van der Waals surface area contributed by atoms with Gasteiger partial charge in [-0.2, -0.15) is 0 Å². The zero-order valence-corrected chi connectivity index (χ0v) is 7.59. The summed E-state index contributed by atoms with van der Waals surface area (Å²) >= 11 is 0. The van der Waals surface area contributed by atoms with Gasteiger partial charge in [0.05, 0.1) is 5.60 Å². The van der Waals surface area contributed by atoms with Gasteiger partial charge >= 0.3 is 0 Å². The van der Waals surface area contributed by atoms with Gasteiger partial charge in [0.15, 0.2) is 0 Å². The van der Waals surface area contributed by atoms with Crippen molar-refractivity contribution >= 4 is 0 Å². The molecule has 0 aliphatic rings. The summed E-state index contributed by atoms with van der Waals surface area (Å²) in [4.78, 5) is 0. The van der Waals surface area contributed by atoms with Gasteiger partial charge < -0.3 is 5.11 Å². The van der Waals surface area contributed by atoms with Crippen molar-refractivity contribution in [3.8, 4) is 0 Å². The molecule has 0 aliphatic heterocycles. The maximum Gasteiger partial charge on any atom is 0.0563 e. The van der Waals surface area contributed by atoms with Crippen LogP contribution in [-0.2, 0) is 0 Å². The SMILES string of the molecule is CC(C)(C)O.[Ce]. The van der Waals surface area contributed by atoms with Crippen LogP contribution in [0.3, 0.4) is 0 Å². The Bertz CT molecular complexity index is 23.0. The van der Waals surface area contributed by atoms with Crippen molar-refractivity contribution < 1.29 is 46.9 Å². The van der Waals surface area contributed by atoms with Gasteiger partial charge in [0.2, 0.25) is 0 Å². The molecule has 0 aromatic carbocycles. The normalized spacial score (nSPS) is 10.0. The fraction of sp³-hybridized carbons (Fsp3) is 1.00. The van der Waals surface area contributed by atoms with E-state index in [-0.39, 0.29) is 41.7 Å². The van der Waals surface area contributed by atoms with Crippen LogP contribution in [0, 0.1) is 41.7 Å². The van der Waals surface area contributed by atoms with E-state index in [0.717, 1.165) is 0 Å². The quantitative estimate of drug-likeness (QED) is 0.631. The third-order valence-corrected chi connectivity index (χ3v) is 0. The van der Waals surface area contributed by atoms with Crippen LogP contribution in [0.4, 0.5) is 0 Å². The third-order valence-electron chi connectivity index (χ3n) is 0. The zero-order chi connectivity index (χ0) is 4.50. The van der Waals surface area contributed by atoms with Gasteiger partial charge in [-0.05, 0) is 20.8 Å². The summed E-state index contributed by atoms with van der Waals surface area (Å²) in [6, 6.07) is 0. The molecule has 0 heterocycles. The minimum atomic E-state index is -0.500. The molecule has 0 spiro atoms. The number of rotatable bonds is 0. The summed E-state index contributed by atoms with van der Waals surface area (Å²) in [6.07, 6.45) is 0. The molecule has 0 saturated carbocycles. The van der Waals surface area contributed by atoms with E-state index in [1.54, 1.807) is 20.8 Å². The molecule has 0 rings (SSSR count). The molecule has 0 radical (unpaired) electrons. The van der Waals surface area contributed by atoms with Gasteiger partial charge in [-0.1, -0.05) is 0 Å². The van der Waals surface area contributed by atoms with Crippen molar-refractivity contribution in [1.82, 2.24) is 0 Å². The molecule has 0 saturated heterocycles. The topological polar surface area (TPSA) is 20.2 Å². The van der Waals surface area contributed by atoms with E-state index in [0.29, 0.717) is 0 Å². The van der Waals surface area contributed by atoms with Gasteiger partial charge in [0.1, 0.15) is 0 Å². The Hall–Kier alpha value is 1.34. The molecule has 36 valence electrons. The minimum Gasteiger partial charge on any atom is -0.391 e. The Balaban J connectivity index is 0. The van der Waals surface area contributed by atoms with Crippen molar-refractivity contribution in [2.75, 3.05) is 0 Å². The second-order valence-corrected chi connectivity index (χ2v) is 2.17. The second kappa shape index (κ2) is 3.35. The summed E-state index contributed by atoms with van der Waals surface area (Å²) in [7, 11) is 0. The van der Waals surface area contributed by atoms with Crippen LogP contribution in [0.25, 0.3) is 0 Å².